The number of rotatable bonds is 2. The van der Waals surface area contributed by atoms with Crippen molar-refractivity contribution in [2.75, 3.05) is 0 Å². The lowest BCUT2D eigenvalue weighted by Crippen LogP contribution is -1.96. The second-order valence-electron chi connectivity index (χ2n) is 2.44. The molecule has 0 fully saturated rings. The van der Waals surface area contributed by atoms with Gasteiger partial charge in [-0.2, -0.15) is 0 Å². The van der Waals surface area contributed by atoms with E-state index in [1.165, 1.54) is 6.07 Å². The van der Waals surface area contributed by atoms with Crippen LogP contribution in [0.2, 0.25) is 0 Å². The smallest absolute Gasteiger partial charge is 0.502 e. The van der Waals surface area contributed by atoms with Crippen LogP contribution in [0.5, 0.6) is 5.75 Å². The standard InChI is InChI=1S/C6H4N2O5.CH2O3/c9-5-3-1-2-4(7(10)11)6(5)8(12)13;2-1(3)4/h1-3,9H;(H2,2,3,4). The summed E-state index contributed by atoms with van der Waals surface area (Å²) in [6.07, 6.45) is -1.83. The van der Waals surface area contributed by atoms with Crippen molar-refractivity contribution in [3.8, 4) is 5.75 Å². The highest BCUT2D eigenvalue weighted by Gasteiger charge is 2.27. The van der Waals surface area contributed by atoms with E-state index in [1.807, 2.05) is 0 Å². The number of hydrogen-bond donors (Lipinski definition) is 3. The Hall–Kier alpha value is -2.91. The average Bonchev–Trinajstić information content (AvgIpc) is 2.15. The number of nitrogens with zero attached hydrogens (tertiary/aromatic N) is 2. The summed E-state index contributed by atoms with van der Waals surface area (Å²) in [5.41, 5.74) is -1.60. The Kier molecular flexibility index (Phi) is 4.85. The molecule has 0 saturated carbocycles. The van der Waals surface area contributed by atoms with E-state index in [2.05, 4.69) is 0 Å². The van der Waals surface area contributed by atoms with Crippen molar-refractivity contribution in [1.82, 2.24) is 0 Å². The molecule has 0 aromatic heterocycles. The Morgan fingerprint density at radius 2 is 1.59 bits per heavy atom. The summed E-state index contributed by atoms with van der Waals surface area (Å²) in [6.45, 7) is 0. The van der Waals surface area contributed by atoms with Gasteiger partial charge in [0.15, 0.2) is 0 Å². The van der Waals surface area contributed by atoms with Gasteiger partial charge in [-0.15, -0.1) is 0 Å². The number of hydrogen-bond acceptors (Lipinski definition) is 6. The highest BCUT2D eigenvalue weighted by Crippen LogP contribution is 2.34. The molecule has 0 bridgehead atoms. The molecule has 10 heteroatoms. The number of aromatic hydroxyl groups is 1. The van der Waals surface area contributed by atoms with E-state index in [4.69, 9.17) is 20.1 Å². The number of nitro groups is 2. The maximum atomic E-state index is 10.3. The largest absolute Gasteiger partial charge is 0.503 e. The van der Waals surface area contributed by atoms with Crippen LogP contribution in [0.3, 0.4) is 0 Å². The third-order valence-corrected chi connectivity index (χ3v) is 1.37. The molecule has 10 nitrogen and oxygen atoms in total. The molecule has 1 aromatic rings. The van der Waals surface area contributed by atoms with Crippen molar-refractivity contribution in [3.05, 3.63) is 38.4 Å². The monoisotopic (exact) mass is 246 g/mol. The van der Waals surface area contributed by atoms with Crippen LogP contribution >= 0.6 is 0 Å². The first-order valence-corrected chi connectivity index (χ1v) is 3.80. The molecule has 0 aliphatic carbocycles. The molecule has 1 rings (SSSR count). The number of benzene rings is 1. The number of carbonyl (C=O) groups is 1. The fourth-order valence-electron chi connectivity index (χ4n) is 0.854. The van der Waals surface area contributed by atoms with E-state index in [-0.39, 0.29) is 0 Å². The SMILES string of the molecule is O=C(O)O.O=[N+]([O-])c1cccc(O)c1[N+](=O)[O-]. The topological polar surface area (TPSA) is 164 Å². The van der Waals surface area contributed by atoms with E-state index < -0.39 is 33.1 Å². The minimum Gasteiger partial charge on any atom is -0.502 e. The predicted molar refractivity (Wildman–Crippen MR) is 52.1 cm³/mol. The first-order valence-electron chi connectivity index (χ1n) is 3.80. The van der Waals surface area contributed by atoms with Gasteiger partial charge in [-0.05, 0) is 6.07 Å². The molecule has 92 valence electrons. The summed E-state index contributed by atoms with van der Waals surface area (Å²) >= 11 is 0. The van der Waals surface area contributed by atoms with Crippen molar-refractivity contribution in [3.63, 3.8) is 0 Å². The van der Waals surface area contributed by atoms with Crippen molar-refractivity contribution in [1.29, 1.82) is 0 Å². The fourth-order valence-corrected chi connectivity index (χ4v) is 0.854. The van der Waals surface area contributed by atoms with E-state index in [0.717, 1.165) is 12.1 Å². The van der Waals surface area contributed by atoms with Gasteiger partial charge in [0.05, 0.1) is 9.85 Å². The Bertz CT molecular complexity index is 453. The van der Waals surface area contributed by atoms with E-state index >= 15 is 0 Å². The quantitative estimate of drug-likeness (QED) is 0.520. The van der Waals surface area contributed by atoms with E-state index in [0.29, 0.717) is 0 Å². The Morgan fingerprint density at radius 1 is 1.12 bits per heavy atom. The van der Waals surface area contributed by atoms with Gasteiger partial charge in [0, 0.05) is 6.07 Å². The van der Waals surface area contributed by atoms with Gasteiger partial charge >= 0.3 is 17.5 Å². The summed E-state index contributed by atoms with van der Waals surface area (Å²) in [7, 11) is 0. The van der Waals surface area contributed by atoms with Gasteiger partial charge in [-0.3, -0.25) is 20.2 Å². The van der Waals surface area contributed by atoms with Crippen molar-refractivity contribution in [2.45, 2.75) is 0 Å². The summed E-state index contributed by atoms with van der Waals surface area (Å²) in [5.74, 6) is -0.709. The molecule has 0 aliphatic heterocycles. The zero-order valence-electron chi connectivity index (χ0n) is 8.01. The van der Waals surface area contributed by atoms with Crippen LogP contribution in [-0.2, 0) is 0 Å². The highest BCUT2D eigenvalue weighted by atomic mass is 16.6. The molecule has 0 saturated heterocycles. The van der Waals surface area contributed by atoms with Gasteiger partial charge in [0.2, 0.25) is 5.75 Å². The van der Waals surface area contributed by atoms with Crippen LogP contribution in [0.25, 0.3) is 0 Å². The second-order valence-corrected chi connectivity index (χ2v) is 2.44. The maximum Gasteiger partial charge on any atom is 0.503 e. The zero-order valence-corrected chi connectivity index (χ0v) is 8.01. The third-order valence-electron chi connectivity index (χ3n) is 1.37. The summed E-state index contributed by atoms with van der Waals surface area (Å²) in [6, 6.07) is 3.14. The Morgan fingerprint density at radius 3 is 1.88 bits per heavy atom. The number of phenols is 1. The van der Waals surface area contributed by atoms with Gasteiger partial charge in [0.1, 0.15) is 0 Å². The van der Waals surface area contributed by atoms with Crippen molar-refractivity contribution in [2.24, 2.45) is 0 Å². The molecule has 3 N–H and O–H groups in total. The number of phenolic OH excluding ortho intramolecular Hbond substituents is 1. The van der Waals surface area contributed by atoms with Crippen molar-refractivity contribution < 1.29 is 30.0 Å². The van der Waals surface area contributed by atoms with Crippen LogP contribution < -0.4 is 0 Å². The number of carboxylic acid groups (broad SMARTS) is 2. The molecule has 0 atom stereocenters. The molecule has 0 aliphatic rings. The second kappa shape index (κ2) is 5.85. The lowest BCUT2D eigenvalue weighted by molar-refractivity contribution is -0.423. The Balaban J connectivity index is 0.000000557. The lowest BCUT2D eigenvalue weighted by atomic mass is 10.2. The van der Waals surface area contributed by atoms with E-state index in [1.54, 1.807) is 0 Å². The average molecular weight is 246 g/mol. The molecular formula is C7H6N2O8. The maximum absolute atomic E-state index is 10.3. The molecule has 0 radical (unpaired) electrons. The fraction of sp³-hybridized carbons (Fsp3) is 0. The first kappa shape index (κ1) is 14.1. The van der Waals surface area contributed by atoms with Crippen molar-refractivity contribution >= 4 is 17.5 Å². The minimum atomic E-state index is -1.83. The number of para-hydroxylation sites is 1. The molecule has 17 heavy (non-hydrogen) atoms. The van der Waals surface area contributed by atoms with Crippen LogP contribution in [0.15, 0.2) is 18.2 Å². The van der Waals surface area contributed by atoms with Crippen LogP contribution in [0.4, 0.5) is 16.2 Å². The predicted octanol–water partition coefficient (Wildman–Crippen LogP) is 1.43. The van der Waals surface area contributed by atoms with Crippen LogP contribution in [0.1, 0.15) is 0 Å². The van der Waals surface area contributed by atoms with E-state index in [9.17, 15) is 20.2 Å². The summed E-state index contributed by atoms with van der Waals surface area (Å²) in [5, 5.41) is 43.5. The molecule has 1 aromatic carbocycles. The minimum absolute atomic E-state index is 0.709. The van der Waals surface area contributed by atoms with Gasteiger partial charge in [-0.1, -0.05) is 6.07 Å². The van der Waals surface area contributed by atoms with Gasteiger partial charge in [0.25, 0.3) is 0 Å². The molecular weight excluding hydrogens is 240 g/mol. The first-order chi connectivity index (χ1) is 7.77. The van der Waals surface area contributed by atoms with Crippen LogP contribution in [0, 0.1) is 20.2 Å². The summed E-state index contributed by atoms with van der Waals surface area (Å²) in [4.78, 5) is 27.2. The molecule has 0 amide bonds. The summed E-state index contributed by atoms with van der Waals surface area (Å²) < 4.78 is 0. The lowest BCUT2D eigenvalue weighted by Gasteiger charge is -1.95. The van der Waals surface area contributed by atoms with Gasteiger partial charge in [-0.25, -0.2) is 4.79 Å². The molecule has 0 spiro atoms. The zero-order chi connectivity index (χ0) is 13.6. The number of nitro benzene ring substituents is 2. The Labute approximate surface area is 92.7 Å². The van der Waals surface area contributed by atoms with Crippen LogP contribution in [-0.4, -0.2) is 31.3 Å². The normalized spacial score (nSPS) is 8.71. The third kappa shape index (κ3) is 4.42. The molecule has 0 heterocycles. The van der Waals surface area contributed by atoms with Gasteiger partial charge < -0.3 is 15.3 Å². The highest BCUT2D eigenvalue weighted by molar-refractivity contribution is 5.60. The molecule has 0 unspecified atom stereocenters.